The number of carbonyl (C=O) groups is 3. The minimum absolute atomic E-state index is 0.0170. The van der Waals surface area contributed by atoms with Gasteiger partial charge in [0.25, 0.3) is 11.9 Å². The van der Waals surface area contributed by atoms with E-state index in [9.17, 15) is 14.7 Å². The quantitative estimate of drug-likeness (QED) is 0.387. The van der Waals surface area contributed by atoms with Gasteiger partial charge < -0.3 is 29.9 Å². The molecule has 3 N–H and O–H groups in total. The maximum Gasteiger partial charge on any atom is 0.300 e. The summed E-state index contributed by atoms with van der Waals surface area (Å²) >= 11 is 0. The number of amides is 2. The van der Waals surface area contributed by atoms with E-state index in [0.29, 0.717) is 51.1 Å². The van der Waals surface area contributed by atoms with Gasteiger partial charge in [0.1, 0.15) is 22.8 Å². The van der Waals surface area contributed by atoms with Crippen molar-refractivity contribution in [3.05, 3.63) is 89.0 Å². The molecule has 2 amide bonds. The zero-order chi connectivity index (χ0) is 30.3. The first-order chi connectivity index (χ1) is 20.0. The van der Waals surface area contributed by atoms with Crippen molar-refractivity contribution in [2.45, 2.75) is 58.1 Å². The van der Waals surface area contributed by atoms with Crippen molar-refractivity contribution in [1.29, 1.82) is 0 Å². The number of nitrogens with zero attached hydrogens (tertiary/aromatic N) is 1. The molecule has 3 aromatic rings. The van der Waals surface area contributed by atoms with E-state index in [4.69, 9.17) is 19.4 Å². The molecule has 0 saturated heterocycles. The zero-order valence-corrected chi connectivity index (χ0v) is 24.3. The number of hydrogen-bond donors (Lipinski definition) is 3. The van der Waals surface area contributed by atoms with Gasteiger partial charge in [-0.25, -0.2) is 0 Å². The van der Waals surface area contributed by atoms with Crippen LogP contribution in [0.15, 0.2) is 66.7 Å². The van der Waals surface area contributed by atoms with Crippen LogP contribution in [0.1, 0.15) is 61.9 Å². The highest BCUT2D eigenvalue weighted by Crippen LogP contribution is 2.39. The van der Waals surface area contributed by atoms with Gasteiger partial charge in [-0.2, -0.15) is 0 Å². The van der Waals surface area contributed by atoms with Gasteiger partial charge in [-0.1, -0.05) is 30.3 Å². The summed E-state index contributed by atoms with van der Waals surface area (Å²) in [6, 6.07) is 21.2. The van der Waals surface area contributed by atoms with Gasteiger partial charge in [0.05, 0.1) is 12.6 Å². The van der Waals surface area contributed by atoms with E-state index < -0.39 is 11.6 Å². The number of benzene rings is 3. The van der Waals surface area contributed by atoms with Crippen LogP contribution in [0.5, 0.6) is 17.2 Å². The molecule has 222 valence electrons. The van der Waals surface area contributed by atoms with Gasteiger partial charge in [-0.15, -0.1) is 0 Å². The summed E-state index contributed by atoms with van der Waals surface area (Å²) in [5.74, 6) is 1.01. The van der Waals surface area contributed by atoms with Crippen molar-refractivity contribution < 1.29 is 34.1 Å². The molecule has 9 heteroatoms. The second kappa shape index (κ2) is 13.5. The zero-order valence-electron chi connectivity index (χ0n) is 24.3. The minimum atomic E-state index is -1.49. The second-order valence-electron chi connectivity index (χ2n) is 11.0. The Morgan fingerprint density at radius 2 is 1.67 bits per heavy atom. The average molecular weight is 575 g/mol. The molecular weight excluding hydrogens is 536 g/mol. The maximum atomic E-state index is 13.3. The number of nitrogens with one attached hydrogen (secondary N) is 1. The number of carbonyl (C=O) groups excluding carboxylic acids is 2. The standard InChI is InChI=1S/C31H34N2O5.C2H4O2/c1-31(2,36)30(35)33-17-15-22-19-26-12-13-27(22)29(33)23-5-3-6-25(20-23)37-18-4-16-32-28(34)14-9-21-7-10-24(38-26)11-8-21;1-2(3)4/h3,5-8,10-13,19-20,29,36H,4,9,14-18H2,1-2H3,(H,32,34);1H3,(H,3,4). The highest BCUT2D eigenvalue weighted by atomic mass is 16.5. The van der Waals surface area contributed by atoms with Crippen LogP contribution in [0, 0.1) is 0 Å². The van der Waals surface area contributed by atoms with E-state index in [-0.39, 0.29) is 17.9 Å². The molecule has 9 nitrogen and oxygen atoms in total. The molecule has 0 radical (unpaired) electrons. The molecule has 1 atom stereocenters. The second-order valence-corrected chi connectivity index (χ2v) is 11.0. The van der Waals surface area contributed by atoms with Crippen molar-refractivity contribution in [3.63, 3.8) is 0 Å². The third-order valence-electron chi connectivity index (χ3n) is 7.01. The van der Waals surface area contributed by atoms with Gasteiger partial charge in [0, 0.05) is 26.4 Å². The van der Waals surface area contributed by atoms with Crippen molar-refractivity contribution in [2.24, 2.45) is 0 Å². The Bertz CT molecular complexity index is 1410. The topological polar surface area (TPSA) is 125 Å². The van der Waals surface area contributed by atoms with E-state index in [1.165, 1.54) is 13.8 Å². The highest BCUT2D eigenvalue weighted by Gasteiger charge is 2.38. The largest absolute Gasteiger partial charge is 0.494 e. The van der Waals surface area contributed by atoms with E-state index in [1.807, 2.05) is 66.7 Å². The molecule has 8 rings (SSSR count). The number of aliphatic carboxylic acids is 1. The van der Waals surface area contributed by atoms with E-state index in [1.54, 1.807) is 4.90 Å². The summed E-state index contributed by atoms with van der Waals surface area (Å²) in [7, 11) is 0. The van der Waals surface area contributed by atoms with Crippen LogP contribution in [0.3, 0.4) is 0 Å². The molecule has 0 spiro atoms. The average Bonchev–Trinajstić information content (AvgIpc) is 2.94. The Balaban J connectivity index is 0.000000952. The lowest BCUT2D eigenvalue weighted by Crippen LogP contribution is -2.49. The molecule has 42 heavy (non-hydrogen) atoms. The first-order valence-corrected chi connectivity index (χ1v) is 14.1. The van der Waals surface area contributed by atoms with Crippen molar-refractivity contribution in [2.75, 3.05) is 19.7 Å². The molecule has 5 aliphatic rings. The Hall–Kier alpha value is -4.37. The number of hydrogen-bond acceptors (Lipinski definition) is 6. The number of rotatable bonds is 1. The lowest BCUT2D eigenvalue weighted by Gasteiger charge is -2.40. The van der Waals surface area contributed by atoms with Crippen LogP contribution >= 0.6 is 0 Å². The smallest absolute Gasteiger partial charge is 0.300 e. The van der Waals surface area contributed by atoms with E-state index in [0.717, 1.165) is 40.7 Å². The lowest BCUT2D eigenvalue weighted by atomic mass is 9.86. The van der Waals surface area contributed by atoms with Crippen LogP contribution in [0.25, 0.3) is 0 Å². The van der Waals surface area contributed by atoms with E-state index in [2.05, 4.69) is 5.32 Å². The number of ether oxygens (including phenoxy) is 2. The van der Waals surface area contributed by atoms with Gasteiger partial charge in [-0.3, -0.25) is 14.4 Å². The summed E-state index contributed by atoms with van der Waals surface area (Å²) < 4.78 is 12.2. The summed E-state index contributed by atoms with van der Waals surface area (Å²) in [5, 5.41) is 21.0. The number of aryl methyl sites for hydroxylation is 1. The number of carboxylic acids is 1. The Morgan fingerprint density at radius 1 is 0.952 bits per heavy atom. The van der Waals surface area contributed by atoms with Crippen molar-refractivity contribution in [3.8, 4) is 17.2 Å². The highest BCUT2D eigenvalue weighted by molar-refractivity contribution is 5.85. The first-order valence-electron chi connectivity index (χ1n) is 14.1. The molecule has 3 aromatic carbocycles. The summed E-state index contributed by atoms with van der Waals surface area (Å²) in [6.07, 6.45) is 2.42. The minimum Gasteiger partial charge on any atom is -0.494 e. The van der Waals surface area contributed by atoms with Gasteiger partial charge in [0.15, 0.2) is 0 Å². The normalized spacial score (nSPS) is 17.0. The fourth-order valence-corrected chi connectivity index (χ4v) is 5.07. The third-order valence-corrected chi connectivity index (χ3v) is 7.01. The van der Waals surface area contributed by atoms with Crippen LogP contribution in [-0.2, 0) is 27.2 Å². The molecule has 0 saturated carbocycles. The Kier molecular flexibility index (Phi) is 9.85. The van der Waals surface area contributed by atoms with Crippen LogP contribution in [0.2, 0.25) is 0 Å². The molecule has 5 heterocycles. The number of carboxylic acid groups (broad SMARTS) is 1. The third kappa shape index (κ3) is 8.10. The van der Waals surface area contributed by atoms with Crippen molar-refractivity contribution >= 4 is 17.8 Å². The van der Waals surface area contributed by atoms with Gasteiger partial charge >= 0.3 is 0 Å². The first kappa shape index (κ1) is 30.6. The predicted molar refractivity (Wildman–Crippen MR) is 158 cm³/mol. The fourth-order valence-electron chi connectivity index (χ4n) is 5.07. The van der Waals surface area contributed by atoms with Gasteiger partial charge in [0.2, 0.25) is 5.91 Å². The summed E-state index contributed by atoms with van der Waals surface area (Å²) in [4.78, 5) is 36.3. The molecule has 8 bridgehead atoms. The van der Waals surface area contributed by atoms with Crippen LogP contribution < -0.4 is 14.8 Å². The Morgan fingerprint density at radius 3 is 2.38 bits per heavy atom. The molecule has 0 aliphatic carbocycles. The van der Waals surface area contributed by atoms with Gasteiger partial charge in [-0.05, 0) is 91.8 Å². The SMILES string of the molecule is CC(=O)O.CC(C)(O)C(=O)N1CCc2cc3ccc2C1c1cccc(c1)OCCCNC(=O)CCc1ccc(cc1)O3. The molecule has 0 fully saturated rings. The lowest BCUT2D eigenvalue weighted by molar-refractivity contribution is -0.150. The summed E-state index contributed by atoms with van der Waals surface area (Å²) in [5.41, 5.74) is 2.59. The molecular formula is C33H38N2O7. The fraction of sp³-hybridized carbons (Fsp3) is 0.364. The van der Waals surface area contributed by atoms with Crippen LogP contribution in [0.4, 0.5) is 0 Å². The molecule has 1 unspecified atom stereocenters. The molecule has 5 aliphatic heterocycles. The predicted octanol–water partition coefficient (Wildman–Crippen LogP) is 4.65. The van der Waals surface area contributed by atoms with E-state index >= 15 is 0 Å². The maximum absolute atomic E-state index is 13.3. The monoisotopic (exact) mass is 574 g/mol. The Labute approximate surface area is 246 Å². The summed E-state index contributed by atoms with van der Waals surface area (Å²) in [6.45, 7) is 5.61. The molecule has 0 aromatic heterocycles. The number of aliphatic hydroxyl groups is 1. The van der Waals surface area contributed by atoms with Crippen LogP contribution in [-0.4, -0.2) is 58.2 Å². The van der Waals surface area contributed by atoms with Crippen molar-refractivity contribution in [1.82, 2.24) is 10.2 Å².